The van der Waals surface area contributed by atoms with Crippen LogP contribution >= 0.6 is 0 Å². The Morgan fingerprint density at radius 2 is 2.06 bits per heavy atom. The van der Waals surface area contributed by atoms with Gasteiger partial charge in [0.25, 0.3) is 0 Å². The smallest absolute Gasteiger partial charge is 0.313 e. The van der Waals surface area contributed by atoms with Gasteiger partial charge in [-0.15, -0.1) is 0 Å². The first kappa shape index (κ1) is 11.1. The van der Waals surface area contributed by atoms with Crippen molar-refractivity contribution in [3.8, 4) is 0 Å². The summed E-state index contributed by atoms with van der Waals surface area (Å²) in [6.07, 6.45) is 1.43. The van der Waals surface area contributed by atoms with Gasteiger partial charge in [0.1, 0.15) is 0 Å². The first-order valence-corrected chi connectivity index (χ1v) is 5.34. The normalized spacial score (nSPS) is 23.6. The van der Waals surface area contributed by atoms with Crippen LogP contribution < -0.4 is 5.48 Å². The summed E-state index contributed by atoms with van der Waals surface area (Å²) < 4.78 is 4.79. The fourth-order valence-corrected chi connectivity index (χ4v) is 2.31. The second kappa shape index (κ2) is 4.63. The summed E-state index contributed by atoms with van der Waals surface area (Å²) in [7, 11) is 1.40. The quantitative estimate of drug-likeness (QED) is 0.590. The van der Waals surface area contributed by atoms with E-state index in [9.17, 15) is 4.79 Å². The third kappa shape index (κ3) is 1.81. The summed E-state index contributed by atoms with van der Waals surface area (Å²) in [5.74, 6) is -0.408. The Kier molecular flexibility index (Phi) is 3.22. The molecule has 1 aromatic carbocycles. The van der Waals surface area contributed by atoms with Crippen LogP contribution in [0.4, 0.5) is 0 Å². The molecule has 2 unspecified atom stereocenters. The van der Waals surface area contributed by atoms with Crippen molar-refractivity contribution in [3.63, 3.8) is 0 Å². The number of rotatable bonds is 2. The number of carbonyl (C=O) groups is 1. The van der Waals surface area contributed by atoms with Crippen molar-refractivity contribution in [2.45, 2.75) is 24.8 Å². The van der Waals surface area contributed by atoms with Crippen molar-refractivity contribution in [1.82, 2.24) is 5.48 Å². The van der Waals surface area contributed by atoms with E-state index in [1.807, 2.05) is 24.3 Å². The van der Waals surface area contributed by atoms with Crippen LogP contribution in [0.1, 0.15) is 35.9 Å². The molecule has 0 spiro atoms. The number of esters is 1. The molecule has 1 aliphatic carbocycles. The molecule has 16 heavy (non-hydrogen) atoms. The highest BCUT2D eigenvalue weighted by atomic mass is 16.5. The molecule has 2 rings (SSSR count). The van der Waals surface area contributed by atoms with Gasteiger partial charge in [0, 0.05) is 0 Å². The van der Waals surface area contributed by atoms with Gasteiger partial charge in [0.05, 0.1) is 19.1 Å². The van der Waals surface area contributed by atoms with Crippen LogP contribution in [0.2, 0.25) is 0 Å². The number of methoxy groups -OCH3 is 1. The predicted molar refractivity (Wildman–Crippen MR) is 58.1 cm³/mol. The molecule has 0 aliphatic heterocycles. The van der Waals surface area contributed by atoms with Crippen molar-refractivity contribution in [2.24, 2.45) is 0 Å². The molecule has 2 N–H and O–H groups in total. The number of carbonyl (C=O) groups excluding carboxylic acids is 1. The van der Waals surface area contributed by atoms with Crippen LogP contribution in [0.3, 0.4) is 0 Å². The Bertz CT molecular complexity index is 392. The lowest BCUT2D eigenvalue weighted by atomic mass is 9.80. The highest BCUT2D eigenvalue weighted by molar-refractivity contribution is 5.79. The van der Waals surface area contributed by atoms with Crippen LogP contribution in [-0.4, -0.2) is 18.3 Å². The Morgan fingerprint density at radius 3 is 2.69 bits per heavy atom. The molecule has 0 saturated carbocycles. The standard InChI is InChI=1S/C12H15NO3/c1-16-12(14)10-6-7-11(13-15)9-5-3-2-4-8(9)10/h2-5,10-11,13,15H,6-7H2,1H3. The van der Waals surface area contributed by atoms with E-state index in [1.165, 1.54) is 7.11 Å². The summed E-state index contributed by atoms with van der Waals surface area (Å²) in [6.45, 7) is 0. The molecule has 4 heteroatoms. The minimum atomic E-state index is -0.205. The van der Waals surface area contributed by atoms with Gasteiger partial charge in [-0.3, -0.25) is 4.79 Å². The third-order valence-corrected chi connectivity index (χ3v) is 3.13. The topological polar surface area (TPSA) is 58.6 Å². The average Bonchev–Trinajstić information content (AvgIpc) is 2.36. The number of hydroxylamine groups is 1. The van der Waals surface area contributed by atoms with Gasteiger partial charge in [-0.05, 0) is 24.0 Å². The van der Waals surface area contributed by atoms with Gasteiger partial charge in [-0.2, -0.15) is 5.48 Å². The minimum Gasteiger partial charge on any atom is -0.469 e. The number of ether oxygens (including phenoxy) is 1. The lowest BCUT2D eigenvalue weighted by Crippen LogP contribution is -2.27. The van der Waals surface area contributed by atoms with E-state index in [-0.39, 0.29) is 17.9 Å². The largest absolute Gasteiger partial charge is 0.469 e. The molecular weight excluding hydrogens is 206 g/mol. The van der Waals surface area contributed by atoms with Gasteiger partial charge in [0.2, 0.25) is 0 Å². The van der Waals surface area contributed by atoms with E-state index >= 15 is 0 Å². The van der Waals surface area contributed by atoms with E-state index < -0.39 is 0 Å². The molecule has 86 valence electrons. The zero-order valence-corrected chi connectivity index (χ0v) is 9.14. The summed E-state index contributed by atoms with van der Waals surface area (Å²) in [4.78, 5) is 11.6. The molecule has 0 bridgehead atoms. The summed E-state index contributed by atoms with van der Waals surface area (Å²) in [5.41, 5.74) is 4.21. The highest BCUT2D eigenvalue weighted by Gasteiger charge is 2.31. The Hall–Kier alpha value is -1.39. The zero-order valence-electron chi connectivity index (χ0n) is 9.14. The highest BCUT2D eigenvalue weighted by Crippen LogP contribution is 2.37. The molecule has 0 fully saturated rings. The fraction of sp³-hybridized carbons (Fsp3) is 0.417. The van der Waals surface area contributed by atoms with E-state index in [4.69, 9.17) is 9.94 Å². The van der Waals surface area contributed by atoms with Crippen LogP contribution in [0.15, 0.2) is 24.3 Å². The van der Waals surface area contributed by atoms with E-state index in [2.05, 4.69) is 5.48 Å². The van der Waals surface area contributed by atoms with E-state index in [1.54, 1.807) is 0 Å². The van der Waals surface area contributed by atoms with Crippen LogP contribution in [-0.2, 0) is 9.53 Å². The van der Waals surface area contributed by atoms with Gasteiger partial charge < -0.3 is 9.94 Å². The van der Waals surface area contributed by atoms with Crippen LogP contribution in [0, 0.1) is 0 Å². The molecule has 0 aromatic heterocycles. The second-order valence-corrected chi connectivity index (χ2v) is 3.96. The van der Waals surface area contributed by atoms with Gasteiger partial charge >= 0.3 is 5.97 Å². The first-order valence-electron chi connectivity index (χ1n) is 5.34. The lowest BCUT2D eigenvalue weighted by molar-refractivity contribution is -0.143. The van der Waals surface area contributed by atoms with Crippen molar-refractivity contribution >= 4 is 5.97 Å². The minimum absolute atomic E-state index is 0.0860. The van der Waals surface area contributed by atoms with Crippen LogP contribution in [0.25, 0.3) is 0 Å². The monoisotopic (exact) mass is 221 g/mol. The molecule has 4 nitrogen and oxygen atoms in total. The number of fused-ring (bicyclic) bond motifs is 1. The number of hydrogen-bond acceptors (Lipinski definition) is 4. The van der Waals surface area contributed by atoms with Crippen molar-refractivity contribution in [2.75, 3.05) is 7.11 Å². The Morgan fingerprint density at radius 1 is 1.38 bits per heavy atom. The SMILES string of the molecule is COC(=O)C1CCC(NO)c2ccccc21. The van der Waals surface area contributed by atoms with Gasteiger partial charge in [-0.25, -0.2) is 0 Å². The summed E-state index contributed by atoms with van der Waals surface area (Å²) >= 11 is 0. The van der Waals surface area contributed by atoms with Crippen LogP contribution in [0.5, 0.6) is 0 Å². The summed E-state index contributed by atoms with van der Waals surface area (Å²) in [6, 6.07) is 7.56. The van der Waals surface area contributed by atoms with E-state index in [0.29, 0.717) is 6.42 Å². The maximum atomic E-state index is 11.6. The lowest BCUT2D eigenvalue weighted by Gasteiger charge is -2.29. The maximum absolute atomic E-state index is 11.6. The molecule has 1 aliphatic rings. The Balaban J connectivity index is 2.38. The molecular formula is C12H15NO3. The molecule has 0 heterocycles. The zero-order chi connectivity index (χ0) is 11.5. The maximum Gasteiger partial charge on any atom is 0.313 e. The summed E-state index contributed by atoms with van der Waals surface area (Å²) in [5, 5.41) is 9.05. The van der Waals surface area contributed by atoms with Gasteiger partial charge in [0.15, 0.2) is 0 Å². The number of benzene rings is 1. The van der Waals surface area contributed by atoms with E-state index in [0.717, 1.165) is 17.5 Å². The molecule has 2 atom stereocenters. The molecule has 0 radical (unpaired) electrons. The van der Waals surface area contributed by atoms with Crippen molar-refractivity contribution < 1.29 is 14.7 Å². The fourth-order valence-electron chi connectivity index (χ4n) is 2.31. The van der Waals surface area contributed by atoms with Crippen molar-refractivity contribution in [3.05, 3.63) is 35.4 Å². The Labute approximate surface area is 94.2 Å². The average molecular weight is 221 g/mol. The molecule has 0 amide bonds. The molecule has 0 saturated heterocycles. The predicted octanol–water partition coefficient (Wildman–Crippen LogP) is 1.76. The van der Waals surface area contributed by atoms with Crippen molar-refractivity contribution in [1.29, 1.82) is 0 Å². The van der Waals surface area contributed by atoms with Gasteiger partial charge in [-0.1, -0.05) is 24.3 Å². The third-order valence-electron chi connectivity index (χ3n) is 3.13. The number of nitrogens with one attached hydrogen (secondary N) is 1. The first-order chi connectivity index (χ1) is 7.77. The second-order valence-electron chi connectivity index (χ2n) is 3.96. The molecule has 1 aromatic rings. The number of hydrogen-bond donors (Lipinski definition) is 2.